The Morgan fingerprint density at radius 2 is 1.94 bits per heavy atom. The van der Waals surface area contributed by atoms with Crippen molar-refractivity contribution in [2.24, 2.45) is 0 Å². The zero-order chi connectivity index (χ0) is 13.8. The maximum Gasteiger partial charge on any atom is 0.174 e. The van der Waals surface area contributed by atoms with Gasteiger partial charge in [0.25, 0.3) is 0 Å². The molecule has 1 saturated heterocycles. The van der Waals surface area contributed by atoms with Crippen LogP contribution in [0, 0.1) is 0 Å². The largest absolute Gasteiger partial charge is 0.496 e. The van der Waals surface area contributed by atoms with Gasteiger partial charge in [0.15, 0.2) is 7.83 Å². The van der Waals surface area contributed by atoms with Crippen molar-refractivity contribution >= 4 is 15.4 Å². The number of ether oxygens (including phenoxy) is 1. The maximum atomic E-state index is 6.51. The Morgan fingerprint density at radius 3 is 2.44 bits per heavy atom. The summed E-state index contributed by atoms with van der Waals surface area (Å²) in [5.74, 6) is 0. The van der Waals surface area contributed by atoms with Gasteiger partial charge in [0, 0.05) is 0 Å². The van der Waals surface area contributed by atoms with Gasteiger partial charge in [-0.2, -0.15) is 0 Å². The van der Waals surface area contributed by atoms with Crippen LogP contribution < -0.4 is 0 Å². The van der Waals surface area contributed by atoms with E-state index >= 15 is 0 Å². The molecule has 0 aliphatic carbocycles. The van der Waals surface area contributed by atoms with Crippen molar-refractivity contribution in [3.8, 4) is 0 Å². The Bertz CT molecular complexity index is 288. The molecule has 0 radical (unpaired) electrons. The van der Waals surface area contributed by atoms with Crippen LogP contribution in [0.15, 0.2) is 12.3 Å². The molecule has 18 heavy (non-hydrogen) atoms. The highest BCUT2D eigenvalue weighted by atomic mass is 29.3. The number of hydrogen-bond acceptors (Lipinski definition) is 2. The molecule has 0 aromatic heterocycles. The highest BCUT2D eigenvalue weighted by molar-refractivity contribution is 7.38. The first-order valence-electron chi connectivity index (χ1n) is 7.32. The summed E-state index contributed by atoms with van der Waals surface area (Å²) >= 11 is 0. The van der Waals surface area contributed by atoms with Crippen molar-refractivity contribution in [3.63, 3.8) is 0 Å². The molecule has 2 unspecified atom stereocenters. The van der Waals surface area contributed by atoms with Crippen molar-refractivity contribution in [1.29, 1.82) is 0 Å². The van der Waals surface area contributed by atoms with Crippen molar-refractivity contribution in [2.75, 3.05) is 0 Å². The van der Waals surface area contributed by atoms with Gasteiger partial charge in [0.1, 0.15) is 6.10 Å². The molecule has 1 fully saturated rings. The van der Waals surface area contributed by atoms with Crippen LogP contribution in [0.2, 0.25) is 32.2 Å². The smallest absolute Gasteiger partial charge is 0.174 e. The molecule has 0 saturated carbocycles. The van der Waals surface area contributed by atoms with E-state index in [1.165, 1.54) is 12.5 Å². The lowest BCUT2D eigenvalue weighted by atomic mass is 10.1. The van der Waals surface area contributed by atoms with Gasteiger partial charge in [0.05, 0.1) is 20.0 Å². The van der Waals surface area contributed by atoms with Gasteiger partial charge in [-0.25, -0.2) is 0 Å². The fourth-order valence-corrected chi connectivity index (χ4v) is 8.97. The lowest BCUT2D eigenvalue weighted by molar-refractivity contribution is 0.0141. The van der Waals surface area contributed by atoms with E-state index in [1.54, 1.807) is 0 Å². The summed E-state index contributed by atoms with van der Waals surface area (Å²) < 4.78 is 12.4. The predicted octanol–water partition coefficient (Wildman–Crippen LogP) is 4.49. The normalized spacial score (nSPS) is 28.2. The van der Waals surface area contributed by atoms with Gasteiger partial charge in [0.2, 0.25) is 0 Å². The molecule has 1 rings (SSSR count). The molecule has 1 heterocycles. The molecular formula is C14H30O2Si2. The minimum Gasteiger partial charge on any atom is -0.496 e. The third-order valence-electron chi connectivity index (χ3n) is 4.53. The molecule has 106 valence electrons. The van der Waals surface area contributed by atoms with Crippen LogP contribution in [0.1, 0.15) is 33.1 Å². The molecule has 1 aliphatic rings. The second-order valence-corrected chi connectivity index (χ2v) is 21.6. The van der Waals surface area contributed by atoms with Gasteiger partial charge in [-0.1, -0.05) is 39.1 Å². The van der Waals surface area contributed by atoms with Gasteiger partial charge < -0.3 is 9.16 Å². The van der Waals surface area contributed by atoms with E-state index in [-0.39, 0.29) is 6.10 Å². The highest BCUT2D eigenvalue weighted by Crippen LogP contribution is 2.35. The zero-order valence-electron chi connectivity index (χ0n) is 13.0. The standard InChI is InChI=1S/C14H30O2Si2/c1-7-9-11-15-13(8-2)14-10-12-17(3,4)18(5,6)16-14/h9,11,13-14H,7-8,10,12H2,1-6H3. The summed E-state index contributed by atoms with van der Waals surface area (Å²) in [5.41, 5.74) is 0. The van der Waals surface area contributed by atoms with E-state index in [4.69, 9.17) is 9.16 Å². The molecular weight excluding hydrogens is 256 g/mol. The van der Waals surface area contributed by atoms with E-state index in [0.29, 0.717) is 6.10 Å². The summed E-state index contributed by atoms with van der Waals surface area (Å²) in [7, 11) is -2.59. The molecule has 4 heteroatoms. The molecule has 2 nitrogen and oxygen atoms in total. The molecule has 0 spiro atoms. The molecule has 1 aliphatic heterocycles. The van der Waals surface area contributed by atoms with Crippen LogP contribution in [0.25, 0.3) is 0 Å². The molecule has 2 atom stereocenters. The Morgan fingerprint density at radius 1 is 1.28 bits per heavy atom. The third-order valence-corrected chi connectivity index (χ3v) is 21.1. The molecule has 0 aromatic carbocycles. The van der Waals surface area contributed by atoms with Crippen LogP contribution in [-0.4, -0.2) is 27.6 Å². The molecule has 0 bridgehead atoms. The second-order valence-electron chi connectivity index (χ2n) is 6.45. The first kappa shape index (κ1) is 16.0. The second kappa shape index (κ2) is 6.39. The summed E-state index contributed by atoms with van der Waals surface area (Å²) in [6, 6.07) is 1.40. The van der Waals surface area contributed by atoms with E-state index in [9.17, 15) is 0 Å². The summed E-state index contributed by atoms with van der Waals surface area (Å²) in [6.07, 6.45) is 7.75. The monoisotopic (exact) mass is 286 g/mol. The minimum atomic E-state index is -1.47. The number of allylic oxidation sites excluding steroid dienone is 1. The van der Waals surface area contributed by atoms with Crippen LogP contribution >= 0.6 is 0 Å². The summed E-state index contributed by atoms with van der Waals surface area (Å²) in [4.78, 5) is 0. The van der Waals surface area contributed by atoms with Crippen LogP contribution in [0.5, 0.6) is 0 Å². The minimum absolute atomic E-state index is 0.240. The number of rotatable bonds is 5. The number of hydrogen-bond donors (Lipinski definition) is 0. The van der Waals surface area contributed by atoms with Gasteiger partial charge in [-0.3, -0.25) is 0 Å². The fraction of sp³-hybridized carbons (Fsp3) is 0.857. The van der Waals surface area contributed by atoms with Crippen molar-refractivity contribution in [2.45, 2.75) is 77.6 Å². The van der Waals surface area contributed by atoms with E-state index in [0.717, 1.165) is 12.8 Å². The molecule has 0 amide bonds. The lowest BCUT2D eigenvalue weighted by Crippen LogP contribution is -2.63. The SMILES string of the molecule is CCC=COC(CC)C1CC[Si](C)(C)[Si](C)(C)O1. The Hall–Kier alpha value is -0.0662. The van der Waals surface area contributed by atoms with Gasteiger partial charge >= 0.3 is 0 Å². The van der Waals surface area contributed by atoms with E-state index in [2.05, 4.69) is 46.1 Å². The first-order chi connectivity index (χ1) is 8.34. The summed E-state index contributed by atoms with van der Waals surface area (Å²) in [5, 5.41) is 0. The molecule has 0 N–H and O–H groups in total. The topological polar surface area (TPSA) is 18.5 Å². The fourth-order valence-electron chi connectivity index (χ4n) is 2.36. The Labute approximate surface area is 115 Å². The average molecular weight is 287 g/mol. The van der Waals surface area contributed by atoms with Crippen LogP contribution in [-0.2, 0) is 9.16 Å². The van der Waals surface area contributed by atoms with Crippen LogP contribution in [0.3, 0.4) is 0 Å². The van der Waals surface area contributed by atoms with Crippen molar-refractivity contribution in [3.05, 3.63) is 12.3 Å². The first-order valence-corrected chi connectivity index (χ1v) is 14.4. The lowest BCUT2D eigenvalue weighted by Gasteiger charge is -2.47. The predicted molar refractivity (Wildman–Crippen MR) is 83.9 cm³/mol. The van der Waals surface area contributed by atoms with Crippen LogP contribution in [0.4, 0.5) is 0 Å². The maximum absolute atomic E-state index is 6.51. The highest BCUT2D eigenvalue weighted by Gasteiger charge is 2.49. The van der Waals surface area contributed by atoms with Gasteiger partial charge in [-0.05, 0) is 32.4 Å². The molecule has 0 aromatic rings. The average Bonchev–Trinajstić information content (AvgIpc) is 2.29. The van der Waals surface area contributed by atoms with E-state index in [1.807, 2.05) is 6.26 Å². The van der Waals surface area contributed by atoms with Crippen molar-refractivity contribution < 1.29 is 9.16 Å². The Balaban J connectivity index is 2.64. The van der Waals surface area contributed by atoms with Crippen molar-refractivity contribution in [1.82, 2.24) is 0 Å². The summed E-state index contributed by atoms with van der Waals surface area (Å²) in [6.45, 7) is 14.1. The third kappa shape index (κ3) is 3.71. The van der Waals surface area contributed by atoms with Gasteiger partial charge in [-0.15, -0.1) is 0 Å². The zero-order valence-corrected chi connectivity index (χ0v) is 15.0. The quantitative estimate of drug-likeness (QED) is 0.548. The van der Waals surface area contributed by atoms with E-state index < -0.39 is 15.4 Å². The Kier molecular flexibility index (Phi) is 5.68.